The molecule has 1 aromatic carbocycles. The first-order valence-corrected chi connectivity index (χ1v) is 10.8. The molecule has 0 fully saturated rings. The van der Waals surface area contributed by atoms with Crippen LogP contribution in [0, 0.1) is 0 Å². The second-order valence-electron chi connectivity index (χ2n) is 8.10. The van der Waals surface area contributed by atoms with E-state index in [4.69, 9.17) is 4.74 Å². The van der Waals surface area contributed by atoms with Gasteiger partial charge in [-0.15, -0.1) is 11.3 Å². The fourth-order valence-corrected chi connectivity index (χ4v) is 3.64. The van der Waals surface area contributed by atoms with Gasteiger partial charge in [0.2, 0.25) is 5.91 Å². The van der Waals surface area contributed by atoms with Crippen molar-refractivity contribution in [3.05, 3.63) is 64.7 Å². The maximum absolute atomic E-state index is 12.5. The Hall–Kier alpha value is -3.26. The molecule has 2 N–H and O–H groups in total. The highest BCUT2D eigenvalue weighted by atomic mass is 32.1. The van der Waals surface area contributed by atoms with Crippen LogP contribution in [0.5, 0.6) is 0 Å². The number of ether oxygens (including phenoxy) is 1. The number of amides is 2. The minimum atomic E-state index is -0.561. The monoisotopic (exact) mass is 438 g/mol. The van der Waals surface area contributed by atoms with Gasteiger partial charge in [0.05, 0.1) is 18.2 Å². The second kappa shape index (κ2) is 9.70. The first-order valence-electron chi connectivity index (χ1n) is 9.94. The highest BCUT2D eigenvalue weighted by Gasteiger charge is 2.17. The van der Waals surface area contributed by atoms with E-state index in [9.17, 15) is 9.59 Å². The van der Waals surface area contributed by atoms with Crippen molar-refractivity contribution in [2.75, 3.05) is 5.32 Å². The smallest absolute Gasteiger partial charge is 0.412 e. The Morgan fingerprint density at radius 3 is 2.55 bits per heavy atom. The second-order valence-corrected chi connectivity index (χ2v) is 8.99. The number of nitrogens with zero attached hydrogens (tertiary/aromatic N) is 2. The Labute approximate surface area is 185 Å². The van der Waals surface area contributed by atoms with Gasteiger partial charge in [-0.25, -0.2) is 9.78 Å². The predicted molar refractivity (Wildman–Crippen MR) is 122 cm³/mol. The molecule has 8 heteroatoms. The number of aromatic nitrogens is 2. The van der Waals surface area contributed by atoms with Crippen LogP contribution in [-0.2, 0) is 16.0 Å². The van der Waals surface area contributed by atoms with Gasteiger partial charge < -0.3 is 10.1 Å². The van der Waals surface area contributed by atoms with Crippen molar-refractivity contribution in [2.24, 2.45) is 0 Å². The molecule has 1 unspecified atom stereocenters. The first-order chi connectivity index (χ1) is 14.7. The van der Waals surface area contributed by atoms with Gasteiger partial charge in [-0.3, -0.25) is 15.1 Å². The van der Waals surface area contributed by atoms with E-state index >= 15 is 0 Å². The van der Waals surface area contributed by atoms with E-state index < -0.39 is 11.7 Å². The molecule has 2 aromatic heterocycles. The summed E-state index contributed by atoms with van der Waals surface area (Å²) in [7, 11) is 0. The number of thiazole rings is 1. The maximum Gasteiger partial charge on any atom is 0.412 e. The molecule has 2 amide bonds. The van der Waals surface area contributed by atoms with Gasteiger partial charge in [-0.05, 0) is 57.5 Å². The SMILES string of the molecule is CC(NC(=O)Cc1ccc(NC(=O)OC(C)(C)C)cc1)c1nc(-c2cccnc2)cs1. The molecule has 3 aromatic rings. The van der Waals surface area contributed by atoms with Crippen LogP contribution in [0.2, 0.25) is 0 Å². The summed E-state index contributed by atoms with van der Waals surface area (Å²) in [6.45, 7) is 7.33. The summed E-state index contributed by atoms with van der Waals surface area (Å²) in [5.74, 6) is -0.0986. The molecule has 0 aliphatic heterocycles. The summed E-state index contributed by atoms with van der Waals surface area (Å²) < 4.78 is 5.23. The van der Waals surface area contributed by atoms with Gasteiger partial charge in [0.25, 0.3) is 0 Å². The van der Waals surface area contributed by atoms with Crippen molar-refractivity contribution in [1.29, 1.82) is 0 Å². The van der Waals surface area contributed by atoms with Gasteiger partial charge in [0, 0.05) is 29.0 Å². The van der Waals surface area contributed by atoms with Crippen molar-refractivity contribution in [2.45, 2.75) is 45.8 Å². The highest BCUT2D eigenvalue weighted by molar-refractivity contribution is 7.10. The summed E-state index contributed by atoms with van der Waals surface area (Å²) in [6, 6.07) is 10.7. The van der Waals surface area contributed by atoms with Crippen molar-refractivity contribution in [3.63, 3.8) is 0 Å². The Kier molecular flexibility index (Phi) is 7.02. The van der Waals surface area contributed by atoms with Gasteiger partial charge in [0.15, 0.2) is 0 Å². The first kappa shape index (κ1) is 22.4. The summed E-state index contributed by atoms with van der Waals surface area (Å²) in [4.78, 5) is 33.0. The van der Waals surface area contributed by atoms with Crippen LogP contribution in [0.15, 0.2) is 54.2 Å². The van der Waals surface area contributed by atoms with Crippen LogP contribution in [0.4, 0.5) is 10.5 Å². The molecule has 0 bridgehead atoms. The molecule has 3 rings (SSSR count). The van der Waals surface area contributed by atoms with Crippen LogP contribution in [-0.4, -0.2) is 27.6 Å². The molecule has 0 aliphatic rings. The molecule has 2 heterocycles. The van der Waals surface area contributed by atoms with E-state index in [-0.39, 0.29) is 18.4 Å². The highest BCUT2D eigenvalue weighted by Crippen LogP contribution is 2.25. The van der Waals surface area contributed by atoms with E-state index in [1.807, 2.05) is 24.4 Å². The molecule has 1 atom stereocenters. The van der Waals surface area contributed by atoms with E-state index in [1.165, 1.54) is 11.3 Å². The Balaban J connectivity index is 1.52. The Morgan fingerprint density at radius 1 is 1.16 bits per heavy atom. The molecule has 7 nitrogen and oxygen atoms in total. The number of anilines is 1. The van der Waals surface area contributed by atoms with Crippen LogP contribution < -0.4 is 10.6 Å². The van der Waals surface area contributed by atoms with Crippen molar-refractivity contribution < 1.29 is 14.3 Å². The molecule has 31 heavy (non-hydrogen) atoms. The predicted octanol–water partition coefficient (Wildman–Crippen LogP) is 4.97. The van der Waals surface area contributed by atoms with Gasteiger partial charge in [0.1, 0.15) is 10.6 Å². The van der Waals surface area contributed by atoms with Crippen molar-refractivity contribution >= 4 is 29.0 Å². The lowest BCUT2D eigenvalue weighted by Gasteiger charge is -2.19. The van der Waals surface area contributed by atoms with Crippen LogP contribution in [0.1, 0.15) is 44.3 Å². The number of rotatable bonds is 6. The zero-order valence-electron chi connectivity index (χ0n) is 18.0. The molecule has 0 aliphatic carbocycles. The topological polar surface area (TPSA) is 93.2 Å². The fraction of sp³-hybridized carbons (Fsp3) is 0.304. The van der Waals surface area contributed by atoms with Crippen LogP contribution >= 0.6 is 11.3 Å². The molecular weight excluding hydrogens is 412 g/mol. The zero-order valence-corrected chi connectivity index (χ0v) is 18.8. The third kappa shape index (κ3) is 6.89. The lowest BCUT2D eigenvalue weighted by Crippen LogP contribution is -2.28. The number of carbonyl (C=O) groups is 2. The van der Waals surface area contributed by atoms with Crippen LogP contribution in [0.3, 0.4) is 0 Å². The average Bonchev–Trinajstić information content (AvgIpc) is 3.19. The fourth-order valence-electron chi connectivity index (χ4n) is 2.80. The van der Waals surface area contributed by atoms with Crippen molar-refractivity contribution in [1.82, 2.24) is 15.3 Å². The Bertz CT molecular complexity index is 1030. The summed E-state index contributed by atoms with van der Waals surface area (Å²) in [6.07, 6.45) is 3.21. The number of pyridine rings is 1. The number of nitrogens with one attached hydrogen (secondary N) is 2. The molecule has 0 saturated carbocycles. The molecular formula is C23H26N4O3S. The van der Waals surface area contributed by atoms with Gasteiger partial charge in [-0.1, -0.05) is 12.1 Å². The summed E-state index contributed by atoms with van der Waals surface area (Å²) >= 11 is 1.51. The van der Waals surface area contributed by atoms with E-state index in [1.54, 1.807) is 57.4 Å². The normalized spacial score (nSPS) is 12.1. The van der Waals surface area contributed by atoms with Gasteiger partial charge in [-0.2, -0.15) is 0 Å². The van der Waals surface area contributed by atoms with Crippen molar-refractivity contribution in [3.8, 4) is 11.3 Å². The zero-order chi connectivity index (χ0) is 22.4. The quantitative estimate of drug-likeness (QED) is 0.567. The Morgan fingerprint density at radius 2 is 1.90 bits per heavy atom. The molecule has 162 valence electrons. The van der Waals surface area contributed by atoms with E-state index in [2.05, 4.69) is 20.6 Å². The molecule has 0 radical (unpaired) electrons. The minimum Gasteiger partial charge on any atom is -0.444 e. The third-order valence-corrected chi connectivity index (χ3v) is 5.22. The minimum absolute atomic E-state index is 0.0986. The average molecular weight is 439 g/mol. The van der Waals surface area contributed by atoms with E-state index in [0.717, 1.165) is 21.8 Å². The van der Waals surface area contributed by atoms with Gasteiger partial charge >= 0.3 is 6.09 Å². The number of benzene rings is 1. The standard InChI is InChI=1S/C23H26N4O3S/c1-15(21-27-19(14-31-21)17-6-5-11-24-13-17)25-20(28)12-16-7-9-18(10-8-16)26-22(29)30-23(2,3)4/h5-11,13-15H,12H2,1-4H3,(H,25,28)(H,26,29). The summed E-state index contributed by atoms with van der Waals surface area (Å²) in [5, 5.41) is 8.46. The van der Waals surface area contributed by atoms with E-state index in [0.29, 0.717) is 5.69 Å². The maximum atomic E-state index is 12.5. The summed E-state index contributed by atoms with van der Waals surface area (Å²) in [5.41, 5.74) is 2.69. The molecule has 0 saturated heterocycles. The number of hydrogen-bond donors (Lipinski definition) is 2. The third-order valence-electron chi connectivity index (χ3n) is 4.19. The number of carbonyl (C=O) groups excluding carboxylic acids is 2. The lowest BCUT2D eigenvalue weighted by molar-refractivity contribution is -0.121. The molecule has 0 spiro atoms. The number of hydrogen-bond acceptors (Lipinski definition) is 6. The largest absolute Gasteiger partial charge is 0.444 e. The van der Waals surface area contributed by atoms with Crippen LogP contribution in [0.25, 0.3) is 11.3 Å². The lowest BCUT2D eigenvalue weighted by atomic mass is 10.1.